The smallest absolute Gasteiger partial charge is 0.119 e. The van der Waals surface area contributed by atoms with E-state index in [1.165, 1.54) is 11.1 Å². The molecule has 0 fully saturated rings. The molecular formula is C18H20N4O. The fourth-order valence-electron chi connectivity index (χ4n) is 2.36. The first-order valence-corrected chi connectivity index (χ1v) is 7.58. The van der Waals surface area contributed by atoms with Crippen molar-refractivity contribution >= 4 is 5.69 Å². The van der Waals surface area contributed by atoms with Gasteiger partial charge in [0.05, 0.1) is 18.4 Å². The summed E-state index contributed by atoms with van der Waals surface area (Å²) >= 11 is 0. The molecule has 5 nitrogen and oxygen atoms in total. The van der Waals surface area contributed by atoms with Crippen LogP contribution in [0.15, 0.2) is 48.7 Å². The van der Waals surface area contributed by atoms with Crippen LogP contribution in [0.25, 0.3) is 11.3 Å². The van der Waals surface area contributed by atoms with E-state index in [0.717, 1.165) is 22.7 Å². The van der Waals surface area contributed by atoms with Gasteiger partial charge in [-0.1, -0.05) is 17.3 Å². The van der Waals surface area contributed by atoms with E-state index in [-0.39, 0.29) is 0 Å². The highest BCUT2D eigenvalue weighted by Gasteiger charge is 2.08. The number of aromatic nitrogens is 3. The fourth-order valence-corrected chi connectivity index (χ4v) is 2.36. The van der Waals surface area contributed by atoms with E-state index < -0.39 is 0 Å². The molecule has 0 saturated carbocycles. The van der Waals surface area contributed by atoms with Gasteiger partial charge in [0, 0.05) is 11.3 Å². The number of hydrogen-bond acceptors (Lipinski definition) is 4. The zero-order valence-corrected chi connectivity index (χ0v) is 13.4. The van der Waals surface area contributed by atoms with Gasteiger partial charge in [0.1, 0.15) is 12.4 Å². The van der Waals surface area contributed by atoms with E-state index in [2.05, 4.69) is 42.4 Å². The van der Waals surface area contributed by atoms with Crippen molar-refractivity contribution in [2.75, 3.05) is 12.3 Å². The predicted octanol–water partition coefficient (Wildman–Crippen LogP) is 3.22. The van der Waals surface area contributed by atoms with Crippen LogP contribution in [0.1, 0.15) is 11.1 Å². The van der Waals surface area contributed by atoms with Crippen molar-refractivity contribution in [2.45, 2.75) is 20.4 Å². The molecule has 2 aromatic carbocycles. The fraction of sp³-hybridized carbons (Fsp3) is 0.222. The number of hydrogen-bond donors (Lipinski definition) is 1. The highest BCUT2D eigenvalue weighted by molar-refractivity contribution is 5.60. The van der Waals surface area contributed by atoms with Crippen molar-refractivity contribution in [3.8, 4) is 17.0 Å². The number of benzene rings is 2. The number of nitrogens with zero attached hydrogens (tertiary/aromatic N) is 3. The number of aryl methyl sites for hydroxylation is 2. The van der Waals surface area contributed by atoms with Gasteiger partial charge in [0.15, 0.2) is 0 Å². The number of ether oxygens (including phenoxy) is 1. The average Bonchev–Trinajstić information content (AvgIpc) is 3.00. The van der Waals surface area contributed by atoms with E-state index in [9.17, 15) is 0 Å². The minimum absolute atomic E-state index is 0.519. The van der Waals surface area contributed by atoms with Gasteiger partial charge in [-0.2, -0.15) is 0 Å². The molecule has 5 heteroatoms. The number of anilines is 1. The Hall–Kier alpha value is -2.82. The van der Waals surface area contributed by atoms with Crippen LogP contribution in [0.5, 0.6) is 5.75 Å². The van der Waals surface area contributed by atoms with Crippen LogP contribution in [-0.4, -0.2) is 21.6 Å². The van der Waals surface area contributed by atoms with Crippen molar-refractivity contribution in [1.82, 2.24) is 15.0 Å². The Kier molecular flexibility index (Phi) is 4.28. The molecule has 0 bridgehead atoms. The zero-order chi connectivity index (χ0) is 16.2. The molecule has 0 radical (unpaired) electrons. The van der Waals surface area contributed by atoms with Crippen molar-refractivity contribution in [1.29, 1.82) is 0 Å². The average molecular weight is 308 g/mol. The highest BCUT2D eigenvalue weighted by Crippen LogP contribution is 2.21. The first kappa shape index (κ1) is 15.1. The van der Waals surface area contributed by atoms with Gasteiger partial charge < -0.3 is 10.5 Å². The lowest BCUT2D eigenvalue weighted by atomic mass is 10.0. The molecule has 3 aromatic rings. The van der Waals surface area contributed by atoms with Gasteiger partial charge in [-0.05, 0) is 55.3 Å². The van der Waals surface area contributed by atoms with Crippen LogP contribution >= 0.6 is 0 Å². The van der Waals surface area contributed by atoms with Crippen molar-refractivity contribution in [3.05, 3.63) is 59.8 Å². The van der Waals surface area contributed by atoms with Crippen LogP contribution in [0, 0.1) is 13.8 Å². The monoisotopic (exact) mass is 308 g/mol. The molecule has 0 unspecified atom stereocenters. The quantitative estimate of drug-likeness (QED) is 0.735. The lowest BCUT2D eigenvalue weighted by molar-refractivity contribution is 0.290. The zero-order valence-electron chi connectivity index (χ0n) is 13.4. The van der Waals surface area contributed by atoms with Crippen LogP contribution in [0.4, 0.5) is 5.69 Å². The topological polar surface area (TPSA) is 66.0 Å². The normalized spacial score (nSPS) is 10.7. The maximum Gasteiger partial charge on any atom is 0.119 e. The number of nitrogen functional groups attached to an aromatic ring is 1. The SMILES string of the molecule is Cc1ccc(-c2cnnn2CCOc2ccc(N)cc2)cc1C. The summed E-state index contributed by atoms with van der Waals surface area (Å²) < 4.78 is 7.59. The molecular weight excluding hydrogens is 288 g/mol. The first-order valence-electron chi connectivity index (χ1n) is 7.58. The summed E-state index contributed by atoms with van der Waals surface area (Å²) in [5, 5.41) is 8.19. The minimum atomic E-state index is 0.519. The molecule has 3 rings (SSSR count). The Morgan fingerprint density at radius 1 is 1.04 bits per heavy atom. The Balaban J connectivity index is 1.68. The summed E-state index contributed by atoms with van der Waals surface area (Å²) in [7, 11) is 0. The second-order valence-electron chi connectivity index (χ2n) is 5.56. The van der Waals surface area contributed by atoms with Gasteiger partial charge in [-0.25, -0.2) is 4.68 Å². The van der Waals surface area contributed by atoms with Gasteiger partial charge in [-0.15, -0.1) is 5.10 Å². The Morgan fingerprint density at radius 3 is 2.57 bits per heavy atom. The standard InChI is InChI=1S/C18H20N4O/c1-13-3-4-15(11-14(13)2)18-12-20-21-22(18)9-10-23-17-7-5-16(19)6-8-17/h3-8,11-12H,9-10,19H2,1-2H3. The van der Waals surface area contributed by atoms with Crippen LogP contribution in [0.3, 0.4) is 0 Å². The summed E-state index contributed by atoms with van der Waals surface area (Å²) in [6.07, 6.45) is 1.79. The molecule has 118 valence electrons. The van der Waals surface area contributed by atoms with E-state index in [4.69, 9.17) is 10.5 Å². The Bertz CT molecular complexity index is 793. The molecule has 2 N–H and O–H groups in total. The number of rotatable bonds is 5. The molecule has 1 aromatic heterocycles. The van der Waals surface area contributed by atoms with Gasteiger partial charge in [0.25, 0.3) is 0 Å². The lowest BCUT2D eigenvalue weighted by Crippen LogP contribution is -2.11. The van der Waals surface area contributed by atoms with E-state index in [0.29, 0.717) is 13.2 Å². The maximum atomic E-state index is 5.72. The third kappa shape index (κ3) is 3.51. The van der Waals surface area contributed by atoms with E-state index >= 15 is 0 Å². The molecule has 0 aliphatic heterocycles. The molecule has 1 heterocycles. The van der Waals surface area contributed by atoms with Gasteiger partial charge >= 0.3 is 0 Å². The van der Waals surface area contributed by atoms with E-state index in [1.807, 2.05) is 28.9 Å². The predicted molar refractivity (Wildman–Crippen MR) is 91.3 cm³/mol. The van der Waals surface area contributed by atoms with Crippen molar-refractivity contribution < 1.29 is 4.74 Å². The lowest BCUT2D eigenvalue weighted by Gasteiger charge is -2.10. The summed E-state index contributed by atoms with van der Waals surface area (Å²) in [4.78, 5) is 0. The summed E-state index contributed by atoms with van der Waals surface area (Å²) in [5.41, 5.74) is 11.0. The Morgan fingerprint density at radius 2 is 1.83 bits per heavy atom. The van der Waals surface area contributed by atoms with Crippen LogP contribution in [-0.2, 0) is 6.54 Å². The highest BCUT2D eigenvalue weighted by atomic mass is 16.5. The molecule has 23 heavy (non-hydrogen) atoms. The van der Waals surface area contributed by atoms with Crippen molar-refractivity contribution in [3.63, 3.8) is 0 Å². The third-order valence-electron chi connectivity index (χ3n) is 3.87. The molecule has 0 aliphatic rings. The molecule has 0 saturated heterocycles. The second-order valence-corrected chi connectivity index (χ2v) is 5.56. The number of nitrogens with two attached hydrogens (primary N) is 1. The summed E-state index contributed by atoms with van der Waals surface area (Å²) in [6.45, 7) is 5.37. The first-order chi connectivity index (χ1) is 11.1. The third-order valence-corrected chi connectivity index (χ3v) is 3.87. The Labute approximate surface area is 135 Å². The minimum Gasteiger partial charge on any atom is -0.492 e. The summed E-state index contributed by atoms with van der Waals surface area (Å²) in [5.74, 6) is 0.798. The largest absolute Gasteiger partial charge is 0.492 e. The van der Waals surface area contributed by atoms with Crippen molar-refractivity contribution in [2.24, 2.45) is 0 Å². The van der Waals surface area contributed by atoms with Crippen LogP contribution in [0.2, 0.25) is 0 Å². The molecule has 0 aliphatic carbocycles. The summed E-state index contributed by atoms with van der Waals surface area (Å²) in [6, 6.07) is 13.7. The van der Waals surface area contributed by atoms with Gasteiger partial charge in [-0.3, -0.25) is 0 Å². The molecule has 0 atom stereocenters. The van der Waals surface area contributed by atoms with Gasteiger partial charge in [0.2, 0.25) is 0 Å². The maximum absolute atomic E-state index is 5.72. The van der Waals surface area contributed by atoms with Crippen LogP contribution < -0.4 is 10.5 Å². The second kappa shape index (κ2) is 6.52. The van der Waals surface area contributed by atoms with E-state index in [1.54, 1.807) is 6.20 Å². The molecule has 0 spiro atoms. The molecule has 0 amide bonds.